The van der Waals surface area contributed by atoms with Crippen LogP contribution in [0.2, 0.25) is 0 Å². The predicted molar refractivity (Wildman–Crippen MR) is 70.9 cm³/mol. The van der Waals surface area contributed by atoms with Crippen LogP contribution in [0.15, 0.2) is 12.4 Å². The summed E-state index contributed by atoms with van der Waals surface area (Å²) in [6.07, 6.45) is 13.8. The Bertz CT molecular complexity index is 324. The van der Waals surface area contributed by atoms with Gasteiger partial charge in [0.25, 0.3) is 0 Å². The molecule has 0 amide bonds. The van der Waals surface area contributed by atoms with Crippen molar-refractivity contribution in [3.05, 3.63) is 18.0 Å². The molecule has 1 heterocycles. The molecule has 1 aromatic heterocycles. The first kappa shape index (κ1) is 12.6. The van der Waals surface area contributed by atoms with Crippen LogP contribution in [0.1, 0.15) is 63.5 Å². The van der Waals surface area contributed by atoms with Crippen molar-refractivity contribution in [2.45, 2.75) is 64.0 Å². The Balaban J connectivity index is 1.85. The summed E-state index contributed by atoms with van der Waals surface area (Å²) >= 11 is 0. The van der Waals surface area contributed by atoms with Crippen LogP contribution in [-0.4, -0.2) is 15.8 Å². The lowest BCUT2D eigenvalue weighted by Gasteiger charge is -2.24. The number of hydrogen-bond donors (Lipinski definition) is 1. The SMILES string of the molecule is CC(NC1CCCCCCC1)c1cnn(C)c1. The average molecular weight is 235 g/mol. The minimum Gasteiger partial charge on any atom is -0.307 e. The molecule has 0 spiro atoms. The maximum atomic E-state index is 4.24. The molecule has 2 rings (SSSR count). The zero-order valence-electron chi connectivity index (χ0n) is 11.2. The van der Waals surface area contributed by atoms with E-state index in [0.717, 1.165) is 0 Å². The van der Waals surface area contributed by atoms with Gasteiger partial charge in [0.15, 0.2) is 0 Å². The summed E-state index contributed by atoms with van der Waals surface area (Å²) in [5.41, 5.74) is 1.30. The van der Waals surface area contributed by atoms with E-state index in [1.807, 2.05) is 17.9 Å². The average Bonchev–Trinajstić information content (AvgIpc) is 2.68. The van der Waals surface area contributed by atoms with Crippen LogP contribution >= 0.6 is 0 Å². The minimum atomic E-state index is 0.424. The monoisotopic (exact) mass is 235 g/mol. The highest BCUT2D eigenvalue weighted by Gasteiger charge is 2.15. The summed E-state index contributed by atoms with van der Waals surface area (Å²) in [7, 11) is 1.98. The standard InChI is InChI=1S/C14H25N3/c1-12(13-10-15-17(2)11-13)16-14-8-6-4-3-5-7-9-14/h10-12,14,16H,3-9H2,1-2H3. The summed E-state index contributed by atoms with van der Waals surface area (Å²) < 4.78 is 1.88. The van der Waals surface area contributed by atoms with Gasteiger partial charge in [0, 0.05) is 30.9 Å². The molecular weight excluding hydrogens is 210 g/mol. The van der Waals surface area contributed by atoms with Crippen LogP contribution < -0.4 is 5.32 Å². The third-order valence-electron chi connectivity index (χ3n) is 3.82. The van der Waals surface area contributed by atoms with E-state index >= 15 is 0 Å². The summed E-state index contributed by atoms with van der Waals surface area (Å²) in [5.74, 6) is 0. The topological polar surface area (TPSA) is 29.9 Å². The van der Waals surface area contributed by atoms with Crippen molar-refractivity contribution < 1.29 is 0 Å². The fourth-order valence-electron chi connectivity index (χ4n) is 2.74. The molecule has 3 heteroatoms. The largest absolute Gasteiger partial charge is 0.307 e. The summed E-state index contributed by atoms with van der Waals surface area (Å²) in [6.45, 7) is 2.25. The van der Waals surface area contributed by atoms with Crippen LogP contribution in [0.5, 0.6) is 0 Å². The second kappa shape index (κ2) is 6.20. The molecule has 0 saturated heterocycles. The number of aryl methyl sites for hydroxylation is 1. The van der Waals surface area contributed by atoms with E-state index < -0.39 is 0 Å². The fraction of sp³-hybridized carbons (Fsp3) is 0.786. The molecule has 96 valence electrons. The van der Waals surface area contributed by atoms with Crippen molar-refractivity contribution in [2.24, 2.45) is 7.05 Å². The number of rotatable bonds is 3. The van der Waals surface area contributed by atoms with Gasteiger partial charge in [-0.3, -0.25) is 4.68 Å². The molecule has 0 aliphatic heterocycles. The van der Waals surface area contributed by atoms with Crippen molar-refractivity contribution in [3.63, 3.8) is 0 Å². The molecule has 1 aliphatic carbocycles. The first-order valence-corrected chi connectivity index (χ1v) is 7.00. The minimum absolute atomic E-state index is 0.424. The number of aromatic nitrogens is 2. The fourth-order valence-corrected chi connectivity index (χ4v) is 2.74. The number of nitrogens with one attached hydrogen (secondary N) is 1. The van der Waals surface area contributed by atoms with Crippen LogP contribution in [0.4, 0.5) is 0 Å². The number of nitrogens with zero attached hydrogens (tertiary/aromatic N) is 2. The second-order valence-electron chi connectivity index (χ2n) is 5.38. The van der Waals surface area contributed by atoms with Crippen molar-refractivity contribution in [3.8, 4) is 0 Å². The van der Waals surface area contributed by atoms with E-state index in [1.54, 1.807) is 0 Å². The van der Waals surface area contributed by atoms with Gasteiger partial charge in [-0.15, -0.1) is 0 Å². The lowest BCUT2D eigenvalue weighted by atomic mass is 9.96. The lowest BCUT2D eigenvalue weighted by molar-refractivity contribution is 0.362. The van der Waals surface area contributed by atoms with Gasteiger partial charge in [0.1, 0.15) is 0 Å². The van der Waals surface area contributed by atoms with Crippen LogP contribution in [0, 0.1) is 0 Å². The molecule has 1 unspecified atom stereocenters. The van der Waals surface area contributed by atoms with Gasteiger partial charge in [-0.2, -0.15) is 5.10 Å². The van der Waals surface area contributed by atoms with Crippen molar-refractivity contribution >= 4 is 0 Å². The first-order valence-electron chi connectivity index (χ1n) is 7.00. The van der Waals surface area contributed by atoms with Gasteiger partial charge < -0.3 is 5.32 Å². The molecule has 1 atom stereocenters. The molecule has 3 nitrogen and oxygen atoms in total. The van der Waals surface area contributed by atoms with Gasteiger partial charge in [-0.05, 0) is 19.8 Å². The van der Waals surface area contributed by atoms with E-state index in [1.165, 1.54) is 50.5 Å². The predicted octanol–water partition coefficient (Wildman–Crippen LogP) is 3.18. The third-order valence-corrected chi connectivity index (χ3v) is 3.82. The molecule has 1 N–H and O–H groups in total. The third kappa shape index (κ3) is 3.84. The van der Waals surface area contributed by atoms with Crippen LogP contribution in [0.25, 0.3) is 0 Å². The second-order valence-corrected chi connectivity index (χ2v) is 5.38. The zero-order valence-corrected chi connectivity index (χ0v) is 11.2. The van der Waals surface area contributed by atoms with E-state index in [9.17, 15) is 0 Å². The molecule has 17 heavy (non-hydrogen) atoms. The maximum Gasteiger partial charge on any atom is 0.0537 e. The molecular formula is C14H25N3. The zero-order chi connectivity index (χ0) is 12.1. The molecule has 1 saturated carbocycles. The Morgan fingerprint density at radius 3 is 2.47 bits per heavy atom. The van der Waals surface area contributed by atoms with Crippen LogP contribution in [-0.2, 0) is 7.05 Å². The van der Waals surface area contributed by atoms with Gasteiger partial charge in [0.2, 0.25) is 0 Å². The summed E-state index contributed by atoms with van der Waals surface area (Å²) in [6, 6.07) is 1.12. The van der Waals surface area contributed by atoms with Crippen molar-refractivity contribution in [1.82, 2.24) is 15.1 Å². The van der Waals surface area contributed by atoms with Crippen LogP contribution in [0.3, 0.4) is 0 Å². The highest BCUT2D eigenvalue weighted by molar-refractivity contribution is 5.09. The van der Waals surface area contributed by atoms with E-state index in [2.05, 4.69) is 23.5 Å². The lowest BCUT2D eigenvalue weighted by Crippen LogP contribution is -2.32. The normalized spacial score (nSPS) is 20.8. The molecule has 1 fully saturated rings. The van der Waals surface area contributed by atoms with E-state index in [4.69, 9.17) is 0 Å². The molecule has 0 aromatic carbocycles. The maximum absolute atomic E-state index is 4.24. The van der Waals surface area contributed by atoms with Gasteiger partial charge in [-0.1, -0.05) is 32.1 Å². The van der Waals surface area contributed by atoms with E-state index in [-0.39, 0.29) is 0 Å². The Hall–Kier alpha value is -0.830. The van der Waals surface area contributed by atoms with Gasteiger partial charge in [0.05, 0.1) is 6.20 Å². The highest BCUT2D eigenvalue weighted by atomic mass is 15.2. The Labute approximate surface area is 105 Å². The Morgan fingerprint density at radius 2 is 1.88 bits per heavy atom. The molecule has 1 aliphatic rings. The Morgan fingerprint density at radius 1 is 1.24 bits per heavy atom. The quantitative estimate of drug-likeness (QED) is 0.872. The van der Waals surface area contributed by atoms with E-state index in [0.29, 0.717) is 12.1 Å². The molecule has 0 bridgehead atoms. The summed E-state index contributed by atoms with van der Waals surface area (Å²) in [4.78, 5) is 0. The first-order chi connectivity index (χ1) is 8.25. The van der Waals surface area contributed by atoms with Gasteiger partial charge in [-0.25, -0.2) is 0 Å². The molecule has 1 aromatic rings. The van der Waals surface area contributed by atoms with Crippen molar-refractivity contribution in [2.75, 3.05) is 0 Å². The Kier molecular flexibility index (Phi) is 4.60. The highest BCUT2D eigenvalue weighted by Crippen LogP contribution is 2.20. The molecule has 0 radical (unpaired) electrons. The van der Waals surface area contributed by atoms with Gasteiger partial charge >= 0.3 is 0 Å². The smallest absolute Gasteiger partial charge is 0.0537 e. The number of hydrogen-bond acceptors (Lipinski definition) is 2. The summed E-state index contributed by atoms with van der Waals surface area (Å²) in [5, 5.41) is 8.00. The van der Waals surface area contributed by atoms with Crippen molar-refractivity contribution in [1.29, 1.82) is 0 Å².